The van der Waals surface area contributed by atoms with E-state index < -0.39 is 5.82 Å². The topological polar surface area (TPSA) is 54.3 Å². The number of nitrogens with zero attached hydrogens (tertiary/aromatic N) is 5. The Morgan fingerprint density at radius 1 is 1.03 bits per heavy atom. The zero-order valence-electron chi connectivity index (χ0n) is 17.9. The van der Waals surface area contributed by atoms with Crippen molar-refractivity contribution >= 4 is 45.8 Å². The number of aromatic nitrogens is 3. The van der Waals surface area contributed by atoms with Gasteiger partial charge >= 0.3 is 0 Å². The largest absolute Gasteiger partial charge is 0.362 e. The molecule has 0 saturated carbocycles. The van der Waals surface area contributed by atoms with Crippen molar-refractivity contribution < 1.29 is 4.39 Å². The molecule has 32 heavy (non-hydrogen) atoms. The zero-order chi connectivity index (χ0) is 22.7. The van der Waals surface area contributed by atoms with Crippen molar-refractivity contribution in [3.05, 3.63) is 94.8 Å². The minimum atomic E-state index is -0.399. The first-order valence-corrected chi connectivity index (χ1v) is 10.4. The average Bonchev–Trinajstić information content (AvgIpc) is 2.80. The van der Waals surface area contributed by atoms with Crippen LogP contribution in [0, 0.1) is 5.82 Å². The van der Waals surface area contributed by atoms with E-state index in [1.165, 1.54) is 24.4 Å². The molecule has 160 valence electrons. The van der Waals surface area contributed by atoms with E-state index in [1.807, 2.05) is 62.6 Å². The summed E-state index contributed by atoms with van der Waals surface area (Å²) in [5.41, 5.74) is 2.97. The molecule has 0 unspecified atom stereocenters. The van der Waals surface area contributed by atoms with Gasteiger partial charge in [0.05, 0.1) is 0 Å². The van der Waals surface area contributed by atoms with Crippen LogP contribution in [0.2, 0.25) is 5.02 Å². The molecule has 0 bridgehead atoms. The summed E-state index contributed by atoms with van der Waals surface area (Å²) < 4.78 is 14.1. The molecule has 0 amide bonds. The Hall–Kier alpha value is -3.64. The molecule has 4 rings (SSSR count). The molecule has 5 nitrogen and oxygen atoms in total. The fourth-order valence-corrected chi connectivity index (χ4v) is 3.73. The van der Waals surface area contributed by atoms with Gasteiger partial charge in [-0.3, -0.25) is 4.98 Å². The predicted molar refractivity (Wildman–Crippen MR) is 130 cm³/mol. The number of rotatable bonds is 5. The molecular formula is C25H21ClFN5. The van der Waals surface area contributed by atoms with Gasteiger partial charge < -0.3 is 4.90 Å². The number of halogens is 2. The van der Waals surface area contributed by atoms with Crippen LogP contribution in [0.25, 0.3) is 16.3 Å². The standard InChI is InChI=1S/C25H21ClFN5/c1-4-18(21-15-31-25(32(2)3)22-14-28-11-9-19(21)22)20-6-5-10-29-24(20)30-13-16-12-17(26)7-8-23(16)27/h4-15H,1-3H3/b18-4+,30-13+. The van der Waals surface area contributed by atoms with Crippen molar-refractivity contribution in [2.75, 3.05) is 19.0 Å². The fourth-order valence-electron chi connectivity index (χ4n) is 3.55. The van der Waals surface area contributed by atoms with Gasteiger partial charge in [0.25, 0.3) is 0 Å². The molecule has 0 N–H and O–H groups in total. The first-order valence-electron chi connectivity index (χ1n) is 10.0. The van der Waals surface area contributed by atoms with Crippen LogP contribution in [-0.2, 0) is 0 Å². The van der Waals surface area contributed by atoms with Crippen molar-refractivity contribution in [1.82, 2.24) is 15.0 Å². The summed E-state index contributed by atoms with van der Waals surface area (Å²) in [6.07, 6.45) is 10.5. The molecule has 3 aromatic heterocycles. The van der Waals surface area contributed by atoms with Crippen molar-refractivity contribution in [2.45, 2.75) is 6.92 Å². The van der Waals surface area contributed by atoms with Crippen molar-refractivity contribution in [2.24, 2.45) is 4.99 Å². The number of benzene rings is 1. The Morgan fingerprint density at radius 2 is 1.88 bits per heavy atom. The van der Waals surface area contributed by atoms with Crippen molar-refractivity contribution in [3.8, 4) is 0 Å². The summed E-state index contributed by atoms with van der Waals surface area (Å²) in [7, 11) is 3.90. The van der Waals surface area contributed by atoms with Gasteiger partial charge in [0.2, 0.25) is 0 Å². The van der Waals surface area contributed by atoms with E-state index in [4.69, 9.17) is 11.6 Å². The third kappa shape index (κ3) is 4.22. The summed E-state index contributed by atoms with van der Waals surface area (Å²) in [6, 6.07) is 10.1. The Morgan fingerprint density at radius 3 is 2.66 bits per heavy atom. The second-order valence-corrected chi connectivity index (χ2v) is 7.75. The van der Waals surface area contributed by atoms with E-state index >= 15 is 0 Å². The molecule has 0 aliphatic rings. The molecule has 0 spiro atoms. The third-order valence-corrected chi connectivity index (χ3v) is 5.27. The molecule has 0 radical (unpaired) electrons. The van der Waals surface area contributed by atoms with Crippen LogP contribution in [0.4, 0.5) is 16.0 Å². The van der Waals surface area contributed by atoms with Gasteiger partial charge in [-0.25, -0.2) is 19.4 Å². The lowest BCUT2D eigenvalue weighted by atomic mass is 9.95. The van der Waals surface area contributed by atoms with Crippen LogP contribution in [0.15, 0.2) is 72.3 Å². The zero-order valence-corrected chi connectivity index (χ0v) is 18.7. The molecule has 0 aliphatic carbocycles. The van der Waals surface area contributed by atoms with E-state index in [9.17, 15) is 4.39 Å². The molecule has 0 aliphatic heterocycles. The Kier molecular flexibility index (Phi) is 6.23. The number of allylic oxidation sites excluding steroid dienone is 1. The Bertz CT molecular complexity index is 1350. The number of fused-ring (bicyclic) bond motifs is 1. The molecule has 3 heterocycles. The number of pyridine rings is 3. The van der Waals surface area contributed by atoms with Crippen LogP contribution >= 0.6 is 11.6 Å². The number of hydrogen-bond donors (Lipinski definition) is 0. The first kappa shape index (κ1) is 21.6. The van der Waals surface area contributed by atoms with Crippen LogP contribution < -0.4 is 4.90 Å². The summed E-state index contributed by atoms with van der Waals surface area (Å²) >= 11 is 6.00. The molecule has 0 saturated heterocycles. The molecule has 0 atom stereocenters. The van der Waals surface area contributed by atoms with Gasteiger partial charge in [0, 0.05) is 72.2 Å². The number of hydrogen-bond acceptors (Lipinski definition) is 5. The van der Waals surface area contributed by atoms with E-state index in [0.717, 1.165) is 33.3 Å². The maximum absolute atomic E-state index is 14.1. The van der Waals surface area contributed by atoms with Gasteiger partial charge in [-0.05, 0) is 54.3 Å². The van der Waals surface area contributed by atoms with Gasteiger partial charge in [-0.1, -0.05) is 17.7 Å². The highest BCUT2D eigenvalue weighted by atomic mass is 35.5. The van der Waals surface area contributed by atoms with Gasteiger partial charge in [0.15, 0.2) is 5.82 Å². The summed E-state index contributed by atoms with van der Waals surface area (Å²) in [5, 5.41) is 2.41. The van der Waals surface area contributed by atoms with E-state index in [2.05, 4.69) is 19.9 Å². The van der Waals surface area contributed by atoms with Crippen LogP contribution in [0.5, 0.6) is 0 Å². The predicted octanol–water partition coefficient (Wildman–Crippen LogP) is 6.09. The average molecular weight is 446 g/mol. The summed E-state index contributed by atoms with van der Waals surface area (Å²) in [5.74, 6) is 0.913. The Labute approximate surface area is 191 Å². The molecule has 7 heteroatoms. The van der Waals surface area contributed by atoms with Crippen LogP contribution in [0.1, 0.15) is 23.6 Å². The second kappa shape index (κ2) is 9.24. The van der Waals surface area contributed by atoms with E-state index in [0.29, 0.717) is 16.4 Å². The van der Waals surface area contributed by atoms with Gasteiger partial charge in [-0.2, -0.15) is 0 Å². The number of aliphatic imine (C=N–C) groups is 1. The Balaban J connectivity index is 1.84. The highest BCUT2D eigenvalue weighted by Crippen LogP contribution is 2.35. The van der Waals surface area contributed by atoms with Crippen molar-refractivity contribution in [3.63, 3.8) is 0 Å². The van der Waals surface area contributed by atoms with Gasteiger partial charge in [-0.15, -0.1) is 0 Å². The first-order chi connectivity index (χ1) is 15.5. The molecule has 1 aromatic carbocycles. The minimum Gasteiger partial charge on any atom is -0.362 e. The highest BCUT2D eigenvalue weighted by molar-refractivity contribution is 6.30. The highest BCUT2D eigenvalue weighted by Gasteiger charge is 2.16. The fraction of sp³-hybridized carbons (Fsp3) is 0.120. The van der Waals surface area contributed by atoms with Crippen molar-refractivity contribution in [1.29, 1.82) is 0 Å². The maximum atomic E-state index is 14.1. The normalized spacial score (nSPS) is 12.0. The second-order valence-electron chi connectivity index (χ2n) is 7.31. The monoisotopic (exact) mass is 445 g/mol. The summed E-state index contributed by atoms with van der Waals surface area (Å²) in [6.45, 7) is 1.96. The smallest absolute Gasteiger partial charge is 0.159 e. The minimum absolute atomic E-state index is 0.296. The quantitative estimate of drug-likeness (QED) is 0.349. The van der Waals surface area contributed by atoms with E-state index in [1.54, 1.807) is 12.4 Å². The molecular weight excluding hydrogens is 425 g/mol. The molecule has 0 fully saturated rings. The lowest BCUT2D eigenvalue weighted by molar-refractivity contribution is 0.626. The third-order valence-electron chi connectivity index (χ3n) is 5.03. The summed E-state index contributed by atoms with van der Waals surface area (Å²) in [4.78, 5) is 19.8. The SMILES string of the molecule is C/C=C(\c1cccnc1/N=C/c1cc(Cl)ccc1F)c1cnc(N(C)C)c2cnccc12. The van der Waals surface area contributed by atoms with Crippen LogP contribution in [0.3, 0.4) is 0 Å². The number of anilines is 1. The maximum Gasteiger partial charge on any atom is 0.159 e. The lowest BCUT2D eigenvalue weighted by Gasteiger charge is -2.17. The molecule has 4 aromatic rings. The lowest BCUT2D eigenvalue weighted by Crippen LogP contribution is -2.11. The van der Waals surface area contributed by atoms with E-state index in [-0.39, 0.29) is 0 Å². The van der Waals surface area contributed by atoms with Gasteiger partial charge in [0.1, 0.15) is 11.6 Å². The van der Waals surface area contributed by atoms with Crippen LogP contribution in [-0.4, -0.2) is 35.3 Å².